The molecule has 0 fully saturated rings. The molecule has 7 heteroatoms. The largest absolute Gasteiger partial charge is 0.416 e. The third-order valence-corrected chi connectivity index (χ3v) is 5.51. The molecule has 1 N–H and O–H groups in total. The quantitative estimate of drug-likeness (QED) is 0.524. The van der Waals surface area contributed by atoms with Gasteiger partial charge in [-0.3, -0.25) is 0 Å². The highest BCUT2D eigenvalue weighted by Gasteiger charge is 2.36. The second kappa shape index (κ2) is 5.17. The average Bonchev–Trinajstić information content (AvgIpc) is 2.56. The Kier molecular flexibility index (Phi) is 3.32. The molecule has 2 aliphatic rings. The van der Waals surface area contributed by atoms with Crippen LogP contribution in [0.25, 0.3) is 0 Å². The average molecular weight is 350 g/mol. The maximum atomic E-state index is 13.1. The van der Waals surface area contributed by atoms with E-state index in [1.807, 2.05) is 24.0 Å². The highest BCUT2D eigenvalue weighted by atomic mass is 32.2. The summed E-state index contributed by atoms with van der Waals surface area (Å²) in [6, 6.07) is 7.77. The first-order valence-electron chi connectivity index (χ1n) is 7.41. The number of nitrogens with zero attached hydrogens (tertiary/aromatic N) is 2. The zero-order chi connectivity index (χ0) is 17.1. The van der Waals surface area contributed by atoms with Crippen molar-refractivity contribution in [3.05, 3.63) is 47.0 Å². The maximum absolute atomic E-state index is 13.1. The lowest BCUT2D eigenvalue weighted by Gasteiger charge is -2.38. The summed E-state index contributed by atoms with van der Waals surface area (Å²) < 4.78 is 39.2. The normalized spacial score (nSPS) is 17.7. The van der Waals surface area contributed by atoms with E-state index in [9.17, 15) is 18.4 Å². The highest BCUT2D eigenvalue weighted by Crippen LogP contribution is 2.52. The molecule has 0 unspecified atom stereocenters. The predicted octanol–water partition coefficient (Wildman–Crippen LogP) is 5.20. The van der Waals surface area contributed by atoms with E-state index in [2.05, 4.69) is 5.16 Å². The van der Waals surface area contributed by atoms with Gasteiger partial charge in [0.25, 0.3) is 0 Å². The molecule has 0 spiro atoms. The number of halogens is 3. The van der Waals surface area contributed by atoms with Crippen LogP contribution in [0.1, 0.15) is 23.1 Å². The van der Waals surface area contributed by atoms with Crippen molar-refractivity contribution in [2.75, 3.05) is 11.4 Å². The zero-order valence-corrected chi connectivity index (χ0v) is 13.5. The minimum absolute atomic E-state index is 0.480. The lowest BCUT2D eigenvalue weighted by molar-refractivity contribution is -0.137. The molecule has 0 amide bonds. The van der Waals surface area contributed by atoms with Gasteiger partial charge in [-0.1, -0.05) is 23.0 Å². The summed E-state index contributed by atoms with van der Waals surface area (Å²) in [6.07, 6.45) is -3.89. The van der Waals surface area contributed by atoms with Crippen LogP contribution in [0.3, 0.4) is 0 Å². The maximum Gasteiger partial charge on any atom is 0.416 e. The summed E-state index contributed by atoms with van der Waals surface area (Å²) in [5.41, 5.74) is 3.09. The fourth-order valence-electron chi connectivity index (χ4n) is 3.29. The molecule has 0 radical (unpaired) electrons. The number of aryl methyl sites for hydroxylation is 1. The Morgan fingerprint density at radius 2 is 1.92 bits per heavy atom. The van der Waals surface area contributed by atoms with Crippen molar-refractivity contribution in [3.63, 3.8) is 0 Å². The molecule has 0 saturated heterocycles. The van der Waals surface area contributed by atoms with Crippen molar-refractivity contribution in [1.82, 2.24) is 0 Å². The van der Waals surface area contributed by atoms with Crippen molar-refractivity contribution < 1.29 is 18.4 Å². The van der Waals surface area contributed by atoms with Gasteiger partial charge in [-0.2, -0.15) is 13.2 Å². The van der Waals surface area contributed by atoms with E-state index in [1.165, 1.54) is 23.9 Å². The second-order valence-electron chi connectivity index (χ2n) is 5.83. The summed E-state index contributed by atoms with van der Waals surface area (Å²) in [6.45, 7) is 2.40. The fraction of sp³-hybridized carbons (Fsp3) is 0.235. The summed E-state index contributed by atoms with van der Waals surface area (Å²) in [4.78, 5) is 3.67. The first-order chi connectivity index (χ1) is 11.4. The standard InChI is InChI=1S/C17H13F3N2OS/c1-9-2-4-14-16-15(9)11(21-23)6-7-22(16)12-8-10(17(18,19)20)3-5-13(12)24-14/h2-5,8,23H,6-7H2,1H3. The molecule has 2 heterocycles. The van der Waals surface area contributed by atoms with Gasteiger partial charge in [0.05, 0.1) is 22.6 Å². The van der Waals surface area contributed by atoms with Crippen LogP contribution in [0.2, 0.25) is 0 Å². The molecule has 4 rings (SSSR count). The number of fused-ring (bicyclic) bond motifs is 2. The molecule has 2 aromatic rings. The second-order valence-corrected chi connectivity index (χ2v) is 6.92. The predicted molar refractivity (Wildman–Crippen MR) is 86.7 cm³/mol. The van der Waals surface area contributed by atoms with Crippen molar-refractivity contribution in [2.24, 2.45) is 5.16 Å². The van der Waals surface area contributed by atoms with E-state index >= 15 is 0 Å². The number of oxime groups is 1. The molecular formula is C17H13F3N2OS. The molecular weight excluding hydrogens is 337 g/mol. The van der Waals surface area contributed by atoms with E-state index in [1.54, 1.807) is 0 Å². The van der Waals surface area contributed by atoms with Gasteiger partial charge in [-0.15, -0.1) is 0 Å². The van der Waals surface area contributed by atoms with Crippen LogP contribution < -0.4 is 4.90 Å². The molecule has 0 aliphatic carbocycles. The van der Waals surface area contributed by atoms with Crippen LogP contribution >= 0.6 is 11.8 Å². The molecule has 0 atom stereocenters. The molecule has 124 valence electrons. The minimum atomic E-state index is -4.37. The SMILES string of the molecule is Cc1ccc2c3c1C(=NO)CCN3c1cc(C(F)(F)F)ccc1S2. The zero-order valence-electron chi connectivity index (χ0n) is 12.7. The Labute approximate surface area is 140 Å². The van der Waals surface area contributed by atoms with Crippen LogP contribution in [0.4, 0.5) is 24.5 Å². The van der Waals surface area contributed by atoms with Gasteiger partial charge in [0.15, 0.2) is 0 Å². The number of hydrogen-bond acceptors (Lipinski definition) is 4. The van der Waals surface area contributed by atoms with E-state index < -0.39 is 11.7 Å². The van der Waals surface area contributed by atoms with Crippen LogP contribution in [-0.4, -0.2) is 17.5 Å². The topological polar surface area (TPSA) is 35.8 Å². The molecule has 0 bridgehead atoms. The minimum Gasteiger partial charge on any atom is -0.411 e. The Morgan fingerprint density at radius 1 is 1.17 bits per heavy atom. The summed E-state index contributed by atoms with van der Waals surface area (Å²) in [7, 11) is 0. The lowest BCUT2D eigenvalue weighted by Crippen LogP contribution is -2.31. The third kappa shape index (κ3) is 2.18. The van der Waals surface area contributed by atoms with Gasteiger partial charge in [-0.25, -0.2) is 0 Å². The Hall–Kier alpha value is -2.15. The number of benzene rings is 2. The summed E-state index contributed by atoms with van der Waals surface area (Å²) in [5, 5.41) is 12.7. The van der Waals surface area contributed by atoms with Crippen molar-refractivity contribution in [2.45, 2.75) is 29.3 Å². The van der Waals surface area contributed by atoms with Crippen molar-refractivity contribution in [3.8, 4) is 0 Å². The monoisotopic (exact) mass is 350 g/mol. The van der Waals surface area contributed by atoms with Gasteiger partial charge >= 0.3 is 6.18 Å². The number of anilines is 2. The molecule has 0 saturated carbocycles. The van der Waals surface area contributed by atoms with Crippen LogP contribution in [-0.2, 0) is 6.18 Å². The number of alkyl halides is 3. The van der Waals surface area contributed by atoms with Gasteiger partial charge in [0.2, 0.25) is 0 Å². The summed E-state index contributed by atoms with van der Waals surface area (Å²) >= 11 is 1.44. The Bertz CT molecular complexity index is 877. The smallest absolute Gasteiger partial charge is 0.411 e. The molecule has 0 aromatic heterocycles. The van der Waals surface area contributed by atoms with E-state index in [-0.39, 0.29) is 0 Å². The Balaban J connectivity index is 1.94. The van der Waals surface area contributed by atoms with Crippen LogP contribution in [0.5, 0.6) is 0 Å². The van der Waals surface area contributed by atoms with E-state index in [0.717, 1.165) is 32.7 Å². The first-order valence-corrected chi connectivity index (χ1v) is 8.23. The molecule has 24 heavy (non-hydrogen) atoms. The number of hydrogen-bond donors (Lipinski definition) is 1. The molecule has 3 nitrogen and oxygen atoms in total. The van der Waals surface area contributed by atoms with Crippen molar-refractivity contribution in [1.29, 1.82) is 0 Å². The van der Waals surface area contributed by atoms with Crippen molar-refractivity contribution >= 4 is 28.8 Å². The van der Waals surface area contributed by atoms with Gasteiger partial charge in [-0.05, 0) is 36.8 Å². The number of rotatable bonds is 0. The van der Waals surface area contributed by atoms with E-state index in [4.69, 9.17) is 0 Å². The van der Waals surface area contributed by atoms with Crippen LogP contribution in [0, 0.1) is 6.92 Å². The first kappa shape index (κ1) is 15.4. The molecule has 2 aliphatic heterocycles. The van der Waals surface area contributed by atoms with E-state index in [0.29, 0.717) is 24.4 Å². The van der Waals surface area contributed by atoms with Gasteiger partial charge in [0.1, 0.15) is 0 Å². The van der Waals surface area contributed by atoms with Gasteiger partial charge < -0.3 is 10.1 Å². The Morgan fingerprint density at radius 3 is 2.62 bits per heavy atom. The fourth-order valence-corrected chi connectivity index (χ4v) is 4.38. The highest BCUT2D eigenvalue weighted by molar-refractivity contribution is 7.99. The lowest BCUT2D eigenvalue weighted by atomic mass is 9.94. The van der Waals surface area contributed by atoms with Gasteiger partial charge in [0, 0.05) is 28.3 Å². The summed E-state index contributed by atoms with van der Waals surface area (Å²) in [5.74, 6) is 0. The van der Waals surface area contributed by atoms with Crippen LogP contribution in [0.15, 0.2) is 45.3 Å². The third-order valence-electron chi connectivity index (χ3n) is 4.40. The molecule has 2 aromatic carbocycles.